The van der Waals surface area contributed by atoms with Crippen LogP contribution in [0.15, 0.2) is 6.33 Å². The molecule has 0 saturated carbocycles. The number of hydrogen-bond acceptors (Lipinski definition) is 6. The Labute approximate surface area is 118 Å². The summed E-state index contributed by atoms with van der Waals surface area (Å²) in [5.41, 5.74) is 2.94. The largest absolute Gasteiger partial charge is 0.352 e. The van der Waals surface area contributed by atoms with Crippen LogP contribution in [0.2, 0.25) is 0 Å². The van der Waals surface area contributed by atoms with Crippen molar-refractivity contribution >= 4 is 17.5 Å². The van der Waals surface area contributed by atoms with Gasteiger partial charge in [0.1, 0.15) is 23.5 Å². The lowest BCUT2D eigenvalue weighted by Crippen LogP contribution is -2.62. The van der Waals surface area contributed by atoms with Crippen LogP contribution in [0.5, 0.6) is 0 Å². The maximum Gasteiger partial charge on any atom is 0.245 e. The first-order valence-corrected chi connectivity index (χ1v) is 6.88. The minimum Gasteiger partial charge on any atom is -0.352 e. The molecule has 2 rings (SSSR count). The molecule has 0 radical (unpaired) electrons. The van der Waals surface area contributed by atoms with Gasteiger partial charge in [-0.25, -0.2) is 15.8 Å². The second-order valence-corrected chi connectivity index (χ2v) is 5.39. The van der Waals surface area contributed by atoms with Gasteiger partial charge in [-0.2, -0.15) is 0 Å². The number of carbonyl (C=O) groups is 1. The zero-order valence-corrected chi connectivity index (χ0v) is 12.2. The third-order valence-corrected chi connectivity index (χ3v) is 3.67. The van der Waals surface area contributed by atoms with Crippen LogP contribution in [-0.2, 0) is 11.2 Å². The summed E-state index contributed by atoms with van der Waals surface area (Å²) in [6.45, 7) is 7.22. The van der Waals surface area contributed by atoms with Crippen molar-refractivity contribution in [2.45, 2.75) is 39.2 Å². The van der Waals surface area contributed by atoms with E-state index >= 15 is 0 Å². The van der Waals surface area contributed by atoms with Gasteiger partial charge in [0.25, 0.3) is 0 Å². The van der Waals surface area contributed by atoms with E-state index in [1.165, 1.54) is 6.33 Å². The predicted molar refractivity (Wildman–Crippen MR) is 78.3 cm³/mol. The standard InChI is InChI=1S/C13H22N6O/c1-4-5-9-10(18-14)16-8-17-11(9)19-7-6-15-12(20)13(19,2)3/h8H,4-7,14H2,1-3H3,(H,15,20)(H,16,17,18). The third kappa shape index (κ3) is 2.40. The van der Waals surface area contributed by atoms with Gasteiger partial charge < -0.3 is 15.6 Å². The molecule has 2 heterocycles. The smallest absolute Gasteiger partial charge is 0.245 e. The summed E-state index contributed by atoms with van der Waals surface area (Å²) in [6.07, 6.45) is 3.24. The third-order valence-electron chi connectivity index (χ3n) is 3.67. The van der Waals surface area contributed by atoms with Crippen molar-refractivity contribution in [2.24, 2.45) is 5.84 Å². The van der Waals surface area contributed by atoms with Crippen molar-refractivity contribution in [2.75, 3.05) is 23.4 Å². The van der Waals surface area contributed by atoms with Gasteiger partial charge in [-0.15, -0.1) is 0 Å². The molecule has 0 aliphatic carbocycles. The van der Waals surface area contributed by atoms with E-state index < -0.39 is 5.54 Å². The predicted octanol–water partition coefficient (Wildman–Crippen LogP) is 0.430. The average Bonchev–Trinajstić information content (AvgIpc) is 2.43. The summed E-state index contributed by atoms with van der Waals surface area (Å²) in [7, 11) is 0. The Morgan fingerprint density at radius 2 is 2.25 bits per heavy atom. The zero-order valence-electron chi connectivity index (χ0n) is 12.2. The summed E-state index contributed by atoms with van der Waals surface area (Å²) >= 11 is 0. The lowest BCUT2D eigenvalue weighted by Gasteiger charge is -2.42. The molecule has 7 heteroatoms. The molecule has 1 aliphatic rings. The molecular formula is C13H22N6O. The van der Waals surface area contributed by atoms with Crippen molar-refractivity contribution < 1.29 is 4.79 Å². The molecular weight excluding hydrogens is 256 g/mol. The van der Waals surface area contributed by atoms with Crippen LogP contribution in [0.1, 0.15) is 32.8 Å². The molecule has 1 aromatic heterocycles. The molecule has 4 N–H and O–H groups in total. The minimum absolute atomic E-state index is 0.00654. The van der Waals surface area contributed by atoms with E-state index in [0.717, 1.165) is 30.8 Å². The molecule has 0 bridgehead atoms. The van der Waals surface area contributed by atoms with Gasteiger partial charge in [0, 0.05) is 18.7 Å². The van der Waals surface area contributed by atoms with E-state index in [2.05, 4.69) is 27.6 Å². The fourth-order valence-electron chi connectivity index (χ4n) is 2.51. The fourth-order valence-corrected chi connectivity index (χ4v) is 2.51. The van der Waals surface area contributed by atoms with Crippen LogP contribution in [0, 0.1) is 0 Å². The summed E-state index contributed by atoms with van der Waals surface area (Å²) in [5.74, 6) is 6.95. The SMILES string of the molecule is CCCc1c(NN)ncnc1N1CCNC(=O)C1(C)C. The quantitative estimate of drug-likeness (QED) is 0.546. The number of aromatic nitrogens is 2. The first kappa shape index (κ1) is 14.5. The number of carbonyl (C=O) groups excluding carboxylic acids is 1. The van der Waals surface area contributed by atoms with Crippen molar-refractivity contribution in [3.05, 3.63) is 11.9 Å². The van der Waals surface area contributed by atoms with Crippen LogP contribution < -0.4 is 21.5 Å². The van der Waals surface area contributed by atoms with E-state index in [0.29, 0.717) is 12.4 Å². The van der Waals surface area contributed by atoms with Crippen LogP contribution in [0.25, 0.3) is 0 Å². The fraction of sp³-hybridized carbons (Fsp3) is 0.615. The van der Waals surface area contributed by atoms with Gasteiger partial charge in [0.2, 0.25) is 5.91 Å². The Balaban J connectivity index is 2.48. The molecule has 0 atom stereocenters. The van der Waals surface area contributed by atoms with Gasteiger partial charge in [0.15, 0.2) is 0 Å². The molecule has 110 valence electrons. The van der Waals surface area contributed by atoms with Crippen LogP contribution in [0.4, 0.5) is 11.6 Å². The maximum absolute atomic E-state index is 12.1. The van der Waals surface area contributed by atoms with Gasteiger partial charge >= 0.3 is 0 Å². The summed E-state index contributed by atoms with van der Waals surface area (Å²) in [4.78, 5) is 22.7. The minimum atomic E-state index is -0.638. The molecule has 1 amide bonds. The number of amides is 1. The second-order valence-electron chi connectivity index (χ2n) is 5.39. The molecule has 1 aromatic rings. The Kier molecular flexibility index (Phi) is 4.08. The number of nitrogens with one attached hydrogen (secondary N) is 2. The van der Waals surface area contributed by atoms with Gasteiger partial charge in [-0.05, 0) is 20.3 Å². The molecule has 1 aliphatic heterocycles. The highest BCUT2D eigenvalue weighted by atomic mass is 16.2. The molecule has 0 spiro atoms. The lowest BCUT2D eigenvalue weighted by molar-refractivity contribution is -0.126. The van der Waals surface area contributed by atoms with Crippen LogP contribution >= 0.6 is 0 Å². The van der Waals surface area contributed by atoms with E-state index in [4.69, 9.17) is 5.84 Å². The number of hydrogen-bond donors (Lipinski definition) is 3. The van der Waals surface area contributed by atoms with Crippen LogP contribution in [-0.4, -0.2) is 34.5 Å². The summed E-state index contributed by atoms with van der Waals surface area (Å²) in [5, 5.41) is 2.89. The molecule has 0 aromatic carbocycles. The molecule has 7 nitrogen and oxygen atoms in total. The van der Waals surface area contributed by atoms with Crippen molar-refractivity contribution in [1.82, 2.24) is 15.3 Å². The topological polar surface area (TPSA) is 96.2 Å². The van der Waals surface area contributed by atoms with Crippen molar-refractivity contribution in [3.8, 4) is 0 Å². The Morgan fingerprint density at radius 3 is 2.90 bits per heavy atom. The first-order valence-electron chi connectivity index (χ1n) is 6.88. The molecule has 20 heavy (non-hydrogen) atoms. The van der Waals surface area contributed by atoms with Gasteiger partial charge in [-0.1, -0.05) is 13.3 Å². The Bertz CT molecular complexity index is 502. The van der Waals surface area contributed by atoms with Crippen molar-refractivity contribution in [3.63, 3.8) is 0 Å². The molecule has 1 fully saturated rings. The van der Waals surface area contributed by atoms with Gasteiger partial charge in [-0.3, -0.25) is 4.79 Å². The zero-order chi connectivity index (χ0) is 14.8. The highest BCUT2D eigenvalue weighted by molar-refractivity contribution is 5.90. The monoisotopic (exact) mass is 278 g/mol. The summed E-state index contributed by atoms with van der Waals surface area (Å²) < 4.78 is 0. The number of nitrogens with two attached hydrogens (primary N) is 1. The Hall–Kier alpha value is -1.89. The van der Waals surface area contributed by atoms with E-state index in [1.807, 2.05) is 18.7 Å². The second kappa shape index (κ2) is 5.62. The normalized spacial score (nSPS) is 17.8. The van der Waals surface area contributed by atoms with Gasteiger partial charge in [0.05, 0.1) is 0 Å². The Morgan fingerprint density at radius 1 is 1.50 bits per heavy atom. The number of anilines is 2. The number of rotatable bonds is 4. The van der Waals surface area contributed by atoms with Crippen LogP contribution in [0.3, 0.4) is 0 Å². The number of nitrogen functional groups attached to an aromatic ring is 1. The number of nitrogens with zero attached hydrogens (tertiary/aromatic N) is 3. The summed E-state index contributed by atoms with van der Waals surface area (Å²) in [6, 6.07) is 0. The van der Waals surface area contributed by atoms with E-state index in [9.17, 15) is 4.79 Å². The first-order chi connectivity index (χ1) is 9.52. The van der Waals surface area contributed by atoms with E-state index in [1.54, 1.807) is 0 Å². The van der Waals surface area contributed by atoms with E-state index in [-0.39, 0.29) is 5.91 Å². The highest BCUT2D eigenvalue weighted by Crippen LogP contribution is 2.30. The highest BCUT2D eigenvalue weighted by Gasteiger charge is 2.39. The van der Waals surface area contributed by atoms with Crippen molar-refractivity contribution in [1.29, 1.82) is 0 Å². The number of piperazine rings is 1. The average molecular weight is 278 g/mol. The molecule has 1 saturated heterocycles. The maximum atomic E-state index is 12.1. The lowest BCUT2D eigenvalue weighted by atomic mass is 9.97. The number of hydrazine groups is 1. The molecule has 0 unspecified atom stereocenters.